The molecule has 0 bridgehead atoms. The molecule has 0 aliphatic heterocycles. The van der Waals surface area contributed by atoms with Gasteiger partial charge in [0.2, 0.25) is 0 Å². The third-order valence-electron chi connectivity index (χ3n) is 6.20. The van der Waals surface area contributed by atoms with Crippen LogP contribution in [0, 0.1) is 11.6 Å². The van der Waals surface area contributed by atoms with E-state index < -0.39 is 23.1 Å². The number of anilines is 1. The number of hydrogen-bond acceptors (Lipinski definition) is 5. The van der Waals surface area contributed by atoms with Crippen LogP contribution in [-0.4, -0.2) is 25.4 Å². The first kappa shape index (κ1) is 24.7. The van der Waals surface area contributed by atoms with Gasteiger partial charge in [-0.15, -0.1) is 0 Å². The van der Waals surface area contributed by atoms with E-state index in [4.69, 9.17) is 4.74 Å². The number of aromatic amines is 1. The minimum atomic E-state index is -0.701. The lowest BCUT2D eigenvalue weighted by Gasteiger charge is -2.11. The molecule has 0 unspecified atom stereocenters. The number of hydrogen-bond donors (Lipinski definition) is 2. The minimum Gasteiger partial charge on any atom is -0.453 e. The normalized spacial score (nSPS) is 10.9. The van der Waals surface area contributed by atoms with Gasteiger partial charge in [-0.2, -0.15) is 0 Å². The number of aromatic nitrogens is 4. The van der Waals surface area contributed by atoms with Crippen molar-refractivity contribution < 1.29 is 18.3 Å². The summed E-state index contributed by atoms with van der Waals surface area (Å²) in [6.07, 6.45) is 8.14. The van der Waals surface area contributed by atoms with E-state index in [1.54, 1.807) is 30.9 Å². The second-order valence-corrected chi connectivity index (χ2v) is 8.78. The molecule has 6 rings (SSSR count). The molecule has 40 heavy (non-hydrogen) atoms. The summed E-state index contributed by atoms with van der Waals surface area (Å²) in [4.78, 5) is 36.9. The second kappa shape index (κ2) is 10.3. The second-order valence-electron chi connectivity index (χ2n) is 8.78. The van der Waals surface area contributed by atoms with Gasteiger partial charge in [0.05, 0.1) is 5.39 Å². The molecule has 0 atom stereocenters. The van der Waals surface area contributed by atoms with Crippen molar-refractivity contribution >= 4 is 22.6 Å². The minimum absolute atomic E-state index is 0.0502. The summed E-state index contributed by atoms with van der Waals surface area (Å²) in [6.45, 7) is 0. The Balaban J connectivity index is 1.22. The number of halogens is 2. The van der Waals surface area contributed by atoms with Crippen molar-refractivity contribution in [2.45, 2.75) is 0 Å². The number of carbonyl (C=O) groups is 1. The molecule has 4 heterocycles. The molecule has 2 aromatic carbocycles. The quantitative estimate of drug-likeness (QED) is 0.268. The zero-order valence-electron chi connectivity index (χ0n) is 20.6. The fraction of sp³-hybridized carbons (Fsp3) is 0. The van der Waals surface area contributed by atoms with Crippen LogP contribution in [-0.2, 0) is 0 Å². The summed E-state index contributed by atoms with van der Waals surface area (Å²) in [5.74, 6) is -1.38. The van der Waals surface area contributed by atoms with Crippen molar-refractivity contribution in [1.29, 1.82) is 0 Å². The molecule has 4 aromatic heterocycles. The number of ether oxygens (including phenoxy) is 1. The zero-order valence-corrected chi connectivity index (χ0v) is 20.6. The van der Waals surface area contributed by atoms with Crippen LogP contribution in [0.3, 0.4) is 0 Å². The highest BCUT2D eigenvalue weighted by Crippen LogP contribution is 2.37. The Labute approximate surface area is 225 Å². The number of pyridine rings is 3. The molecule has 10 heteroatoms. The van der Waals surface area contributed by atoms with Gasteiger partial charge in [0.15, 0.2) is 11.6 Å². The Bertz CT molecular complexity index is 1920. The van der Waals surface area contributed by atoms with Crippen molar-refractivity contribution in [2.75, 3.05) is 5.32 Å². The summed E-state index contributed by atoms with van der Waals surface area (Å²) in [5, 5.41) is 3.26. The predicted molar refractivity (Wildman–Crippen MR) is 146 cm³/mol. The van der Waals surface area contributed by atoms with Crippen LogP contribution in [0.2, 0.25) is 0 Å². The lowest BCUT2D eigenvalue weighted by molar-refractivity contribution is 0.102. The number of fused-ring (bicyclic) bond motifs is 1. The van der Waals surface area contributed by atoms with E-state index >= 15 is 4.39 Å². The molecule has 2 N–H and O–H groups in total. The number of amides is 1. The van der Waals surface area contributed by atoms with Gasteiger partial charge in [0.1, 0.15) is 17.2 Å². The Morgan fingerprint density at radius 1 is 0.950 bits per heavy atom. The Kier molecular flexibility index (Phi) is 6.33. The van der Waals surface area contributed by atoms with Crippen LogP contribution in [0.1, 0.15) is 10.4 Å². The maximum Gasteiger partial charge on any atom is 0.255 e. The summed E-state index contributed by atoms with van der Waals surface area (Å²) in [7, 11) is 0. The average Bonchev–Trinajstić information content (AvgIpc) is 3.41. The molecule has 0 saturated carbocycles. The highest BCUT2D eigenvalue weighted by Gasteiger charge is 2.16. The fourth-order valence-electron chi connectivity index (χ4n) is 4.28. The molecule has 0 saturated heterocycles. The summed E-state index contributed by atoms with van der Waals surface area (Å²) < 4.78 is 35.5. The van der Waals surface area contributed by atoms with Crippen molar-refractivity contribution in [3.8, 4) is 28.3 Å². The molecule has 0 fully saturated rings. The molecule has 6 aromatic rings. The number of nitrogens with one attached hydrogen (secondary N) is 2. The SMILES string of the molecule is O=C(Nc1ccc(Oc2ccnc3[nH]cc(-c4cccnc4)c23)c(F)c1)c1ccn(-c2ccc(F)cc2)c(=O)c1. The van der Waals surface area contributed by atoms with Gasteiger partial charge in [0, 0.05) is 71.2 Å². The highest BCUT2D eigenvalue weighted by atomic mass is 19.1. The molecule has 196 valence electrons. The molecular weight excluding hydrogens is 516 g/mol. The first-order valence-electron chi connectivity index (χ1n) is 12.1. The number of H-pyrrole nitrogens is 1. The van der Waals surface area contributed by atoms with E-state index in [1.807, 2.05) is 12.1 Å². The van der Waals surface area contributed by atoms with E-state index in [-0.39, 0.29) is 17.0 Å². The average molecular weight is 536 g/mol. The van der Waals surface area contributed by atoms with E-state index in [9.17, 15) is 14.0 Å². The maximum atomic E-state index is 15.1. The Hall–Kier alpha value is -5.64. The third kappa shape index (κ3) is 4.81. The van der Waals surface area contributed by atoms with E-state index in [1.165, 1.54) is 53.2 Å². The standard InChI is InChI=1S/C30H19F2N5O3/c31-20-3-6-22(7-4-20)37-13-10-18(14-27(37)38)30(39)36-21-5-8-25(24(32)15-21)40-26-9-12-34-29-28(26)23(17-35-29)19-2-1-11-33-16-19/h1-17H,(H,34,35)(H,36,39). The molecule has 8 nitrogen and oxygen atoms in total. The van der Waals surface area contributed by atoms with Crippen molar-refractivity contribution in [1.82, 2.24) is 19.5 Å². The van der Waals surface area contributed by atoms with Gasteiger partial charge in [-0.25, -0.2) is 13.8 Å². The van der Waals surface area contributed by atoms with Crippen LogP contribution in [0.5, 0.6) is 11.5 Å². The van der Waals surface area contributed by atoms with Crippen LogP contribution in [0.25, 0.3) is 27.8 Å². The van der Waals surface area contributed by atoms with Gasteiger partial charge in [0.25, 0.3) is 11.5 Å². The topological polar surface area (TPSA) is 102 Å². The lowest BCUT2D eigenvalue weighted by Crippen LogP contribution is -2.21. The van der Waals surface area contributed by atoms with Crippen LogP contribution < -0.4 is 15.6 Å². The first-order chi connectivity index (χ1) is 19.5. The molecule has 0 radical (unpaired) electrons. The van der Waals surface area contributed by atoms with Gasteiger partial charge in [-0.05, 0) is 54.6 Å². The molecule has 0 aliphatic carbocycles. The number of carbonyl (C=O) groups excluding carboxylic acids is 1. The fourth-order valence-corrected chi connectivity index (χ4v) is 4.28. The van der Waals surface area contributed by atoms with Crippen molar-refractivity contribution in [3.63, 3.8) is 0 Å². The summed E-state index contributed by atoms with van der Waals surface area (Å²) in [5.41, 5.74) is 2.45. The maximum absolute atomic E-state index is 15.1. The number of rotatable bonds is 6. The van der Waals surface area contributed by atoms with Crippen LogP contribution in [0.4, 0.5) is 14.5 Å². The zero-order chi connectivity index (χ0) is 27.6. The van der Waals surface area contributed by atoms with Gasteiger partial charge in [-0.3, -0.25) is 19.1 Å². The van der Waals surface area contributed by atoms with Crippen molar-refractivity contribution in [3.05, 3.63) is 131 Å². The monoisotopic (exact) mass is 535 g/mol. The van der Waals surface area contributed by atoms with E-state index in [2.05, 4.69) is 20.3 Å². The van der Waals surface area contributed by atoms with Crippen LogP contribution >= 0.6 is 0 Å². The molecule has 0 aliphatic rings. The van der Waals surface area contributed by atoms with Crippen molar-refractivity contribution in [2.24, 2.45) is 0 Å². The predicted octanol–water partition coefficient (Wildman–Crippen LogP) is 6.10. The molecular formula is C30H19F2N5O3. The number of nitrogens with zero attached hydrogens (tertiary/aromatic N) is 3. The van der Waals surface area contributed by atoms with E-state index in [0.29, 0.717) is 22.5 Å². The lowest BCUT2D eigenvalue weighted by atomic mass is 10.1. The number of benzene rings is 2. The summed E-state index contributed by atoms with van der Waals surface area (Å²) >= 11 is 0. The van der Waals surface area contributed by atoms with Gasteiger partial charge < -0.3 is 15.0 Å². The Morgan fingerprint density at radius 2 is 1.80 bits per heavy atom. The third-order valence-corrected chi connectivity index (χ3v) is 6.20. The van der Waals surface area contributed by atoms with Gasteiger partial charge >= 0.3 is 0 Å². The largest absolute Gasteiger partial charge is 0.453 e. The molecule has 1 amide bonds. The molecule has 0 spiro atoms. The Morgan fingerprint density at radius 3 is 2.55 bits per heavy atom. The van der Waals surface area contributed by atoms with Gasteiger partial charge in [-0.1, -0.05) is 6.07 Å². The first-order valence-corrected chi connectivity index (χ1v) is 12.1. The van der Waals surface area contributed by atoms with E-state index in [0.717, 1.165) is 23.3 Å². The van der Waals surface area contributed by atoms with Crippen LogP contribution in [0.15, 0.2) is 109 Å². The highest BCUT2D eigenvalue weighted by molar-refractivity contribution is 6.04. The summed E-state index contributed by atoms with van der Waals surface area (Å²) in [6, 6.07) is 17.3. The smallest absolute Gasteiger partial charge is 0.255 e.